The monoisotopic (exact) mass is 405 g/mol. The molecule has 1 aliphatic heterocycles. The Bertz CT molecular complexity index is 668. The normalized spacial score (nSPS) is 15.7. The van der Waals surface area contributed by atoms with Gasteiger partial charge in [-0.25, -0.2) is 0 Å². The summed E-state index contributed by atoms with van der Waals surface area (Å²) >= 11 is 1.60. The zero-order chi connectivity index (χ0) is 20.7. The molecule has 5 nitrogen and oxygen atoms in total. The highest BCUT2D eigenvalue weighted by atomic mass is 32.2. The average Bonchev–Trinajstić information content (AvgIpc) is 2.64. The summed E-state index contributed by atoms with van der Waals surface area (Å²) in [5.74, 6) is 0.774. The Kier molecular flexibility index (Phi) is 8.38. The molecule has 1 aliphatic rings. The lowest BCUT2D eigenvalue weighted by Gasteiger charge is -2.33. The predicted molar refractivity (Wildman–Crippen MR) is 117 cm³/mol. The highest BCUT2D eigenvalue weighted by Crippen LogP contribution is 2.24. The minimum Gasteiger partial charge on any atom is -0.355 e. The van der Waals surface area contributed by atoms with Crippen LogP contribution in [0.25, 0.3) is 0 Å². The topological polar surface area (TPSA) is 52.7 Å². The van der Waals surface area contributed by atoms with Gasteiger partial charge in [0.2, 0.25) is 11.8 Å². The minimum atomic E-state index is 0.0169. The second-order valence-corrected chi connectivity index (χ2v) is 9.85. The van der Waals surface area contributed by atoms with E-state index in [9.17, 15) is 9.59 Å². The number of thioether (sulfide) groups is 1. The Balaban J connectivity index is 1.73. The van der Waals surface area contributed by atoms with Crippen LogP contribution in [0.4, 0.5) is 0 Å². The fraction of sp³-hybridized carbons (Fsp3) is 0.636. The van der Waals surface area contributed by atoms with Gasteiger partial charge in [-0.2, -0.15) is 0 Å². The fourth-order valence-electron chi connectivity index (χ4n) is 3.72. The van der Waals surface area contributed by atoms with Gasteiger partial charge in [-0.3, -0.25) is 9.59 Å². The molecule has 0 spiro atoms. The number of carbonyl (C=O) groups excluding carboxylic acids is 2. The highest BCUT2D eigenvalue weighted by molar-refractivity contribution is 8.00. The lowest BCUT2D eigenvalue weighted by molar-refractivity contribution is -0.133. The highest BCUT2D eigenvalue weighted by Gasteiger charge is 2.28. The van der Waals surface area contributed by atoms with Crippen LogP contribution in [0.2, 0.25) is 0 Å². The Morgan fingerprint density at radius 1 is 1.21 bits per heavy atom. The summed E-state index contributed by atoms with van der Waals surface area (Å²) in [7, 11) is 4.10. The quantitative estimate of drug-likeness (QED) is 0.676. The van der Waals surface area contributed by atoms with Crippen LogP contribution in [-0.4, -0.2) is 67.6 Å². The Hall–Kier alpha value is -1.53. The van der Waals surface area contributed by atoms with E-state index in [0.717, 1.165) is 24.3 Å². The molecule has 6 heteroatoms. The number of amides is 2. The van der Waals surface area contributed by atoms with Crippen LogP contribution in [0.5, 0.6) is 0 Å². The molecule has 0 bridgehead atoms. The SMILES string of the molecule is Cc1ccccc1SCC(=O)N1CCC(C(=O)NCC(C)(C)CN(C)C)CC1. The standard InChI is InChI=1S/C22H35N3O2S/c1-17-8-6-7-9-19(17)28-14-20(26)25-12-10-18(11-13-25)21(27)23-15-22(2,3)16-24(4)5/h6-9,18H,10-16H2,1-5H3,(H,23,27). The molecule has 2 amide bonds. The van der Waals surface area contributed by atoms with Crippen molar-refractivity contribution in [3.8, 4) is 0 Å². The van der Waals surface area contributed by atoms with Crippen molar-refractivity contribution in [2.45, 2.75) is 38.5 Å². The van der Waals surface area contributed by atoms with Gasteiger partial charge in [0.05, 0.1) is 5.75 Å². The first-order valence-corrected chi connectivity index (χ1v) is 11.1. The number of piperidine rings is 1. The van der Waals surface area contributed by atoms with E-state index in [-0.39, 0.29) is 23.1 Å². The van der Waals surface area contributed by atoms with Crippen molar-refractivity contribution in [2.75, 3.05) is 46.0 Å². The molecule has 1 aromatic rings. The maximum Gasteiger partial charge on any atom is 0.232 e. The maximum atomic E-state index is 12.5. The van der Waals surface area contributed by atoms with Gasteiger partial charge in [0.25, 0.3) is 0 Å². The number of likely N-dealkylation sites (tertiary alicyclic amines) is 1. The molecule has 1 N–H and O–H groups in total. The fourth-order valence-corrected chi connectivity index (χ4v) is 4.65. The Morgan fingerprint density at radius 3 is 2.46 bits per heavy atom. The van der Waals surface area contributed by atoms with Crippen molar-refractivity contribution in [2.24, 2.45) is 11.3 Å². The number of hydrogen-bond acceptors (Lipinski definition) is 4. The largest absolute Gasteiger partial charge is 0.355 e. The maximum absolute atomic E-state index is 12.5. The van der Waals surface area contributed by atoms with E-state index in [1.54, 1.807) is 11.8 Å². The molecule has 0 aliphatic carbocycles. The number of carbonyl (C=O) groups is 2. The third-order valence-electron chi connectivity index (χ3n) is 5.15. The van der Waals surface area contributed by atoms with Crippen LogP contribution in [0.3, 0.4) is 0 Å². The summed E-state index contributed by atoms with van der Waals surface area (Å²) in [4.78, 5) is 30.3. The molecule has 0 unspecified atom stereocenters. The van der Waals surface area contributed by atoms with Gasteiger partial charge < -0.3 is 15.1 Å². The number of nitrogens with zero attached hydrogens (tertiary/aromatic N) is 2. The number of nitrogens with one attached hydrogen (secondary N) is 1. The van der Waals surface area contributed by atoms with Gasteiger partial charge >= 0.3 is 0 Å². The van der Waals surface area contributed by atoms with Crippen LogP contribution in [0.1, 0.15) is 32.3 Å². The van der Waals surface area contributed by atoms with Crippen molar-refractivity contribution >= 4 is 23.6 Å². The lowest BCUT2D eigenvalue weighted by Crippen LogP contribution is -2.46. The number of hydrogen-bond donors (Lipinski definition) is 1. The van der Waals surface area contributed by atoms with Crippen LogP contribution in [0.15, 0.2) is 29.2 Å². The van der Waals surface area contributed by atoms with Crippen LogP contribution >= 0.6 is 11.8 Å². The zero-order valence-electron chi connectivity index (χ0n) is 18.0. The number of benzene rings is 1. The molecule has 1 fully saturated rings. The average molecular weight is 406 g/mol. The van der Waals surface area contributed by atoms with Gasteiger partial charge in [0.15, 0.2) is 0 Å². The van der Waals surface area contributed by atoms with E-state index in [4.69, 9.17) is 0 Å². The first kappa shape index (κ1) is 22.8. The van der Waals surface area contributed by atoms with Gasteiger partial charge in [0, 0.05) is 37.0 Å². The summed E-state index contributed by atoms with van der Waals surface area (Å²) in [6.45, 7) is 9.35. The van der Waals surface area contributed by atoms with E-state index >= 15 is 0 Å². The van der Waals surface area contributed by atoms with Gasteiger partial charge in [0.1, 0.15) is 0 Å². The first-order valence-electron chi connectivity index (χ1n) is 10.1. The predicted octanol–water partition coefficient (Wildman–Crippen LogP) is 3.03. The second kappa shape index (κ2) is 10.3. The molecule has 0 saturated carbocycles. The Morgan fingerprint density at radius 2 is 1.86 bits per heavy atom. The molecule has 0 atom stereocenters. The van der Waals surface area contributed by atoms with Crippen molar-refractivity contribution in [3.05, 3.63) is 29.8 Å². The summed E-state index contributed by atoms with van der Waals surface area (Å²) in [5, 5.41) is 3.12. The summed E-state index contributed by atoms with van der Waals surface area (Å²) in [6, 6.07) is 8.14. The van der Waals surface area contributed by atoms with E-state index in [2.05, 4.69) is 43.1 Å². The molecule has 0 radical (unpaired) electrons. The van der Waals surface area contributed by atoms with Gasteiger partial charge in [-0.1, -0.05) is 32.0 Å². The van der Waals surface area contributed by atoms with E-state index in [1.807, 2.05) is 31.1 Å². The number of rotatable bonds is 8. The molecule has 0 aromatic heterocycles. The summed E-state index contributed by atoms with van der Waals surface area (Å²) < 4.78 is 0. The summed E-state index contributed by atoms with van der Waals surface area (Å²) in [6.07, 6.45) is 1.50. The molecule has 2 rings (SSSR count). The molecular formula is C22H35N3O2S. The van der Waals surface area contributed by atoms with E-state index in [1.165, 1.54) is 5.56 Å². The smallest absolute Gasteiger partial charge is 0.232 e. The van der Waals surface area contributed by atoms with Crippen LogP contribution in [-0.2, 0) is 9.59 Å². The van der Waals surface area contributed by atoms with E-state index < -0.39 is 0 Å². The molecular weight excluding hydrogens is 370 g/mol. The lowest BCUT2D eigenvalue weighted by atomic mass is 9.91. The molecule has 1 heterocycles. The van der Waals surface area contributed by atoms with Crippen molar-refractivity contribution < 1.29 is 9.59 Å². The second-order valence-electron chi connectivity index (χ2n) is 8.83. The third-order valence-corrected chi connectivity index (χ3v) is 6.31. The van der Waals surface area contributed by atoms with Crippen molar-refractivity contribution in [1.82, 2.24) is 15.1 Å². The molecule has 1 aromatic carbocycles. The van der Waals surface area contributed by atoms with Crippen LogP contribution in [0, 0.1) is 18.3 Å². The number of aryl methyl sites for hydroxylation is 1. The zero-order valence-corrected chi connectivity index (χ0v) is 18.8. The molecule has 28 heavy (non-hydrogen) atoms. The van der Waals surface area contributed by atoms with Crippen molar-refractivity contribution in [1.29, 1.82) is 0 Å². The minimum absolute atomic E-state index is 0.0169. The van der Waals surface area contributed by atoms with Gasteiger partial charge in [-0.05, 0) is 50.9 Å². The van der Waals surface area contributed by atoms with E-state index in [0.29, 0.717) is 25.4 Å². The molecule has 156 valence electrons. The van der Waals surface area contributed by atoms with Crippen molar-refractivity contribution in [3.63, 3.8) is 0 Å². The van der Waals surface area contributed by atoms with Crippen LogP contribution < -0.4 is 5.32 Å². The molecule has 1 saturated heterocycles. The van der Waals surface area contributed by atoms with Gasteiger partial charge in [-0.15, -0.1) is 11.8 Å². The first-order chi connectivity index (χ1) is 13.2. The summed E-state index contributed by atoms with van der Waals surface area (Å²) in [5.41, 5.74) is 1.25. The third kappa shape index (κ3) is 7.13. The Labute approximate surface area is 174 Å².